The smallest absolute Gasteiger partial charge is 0.269 e. The topological polar surface area (TPSA) is 130 Å². The Hall–Kier alpha value is -3.75. The quantitative estimate of drug-likeness (QED) is 0.483. The monoisotopic (exact) mass is 398 g/mol. The van der Waals surface area contributed by atoms with Crippen LogP contribution in [-0.2, 0) is 16.0 Å². The maximum Gasteiger partial charge on any atom is 0.269 e. The van der Waals surface area contributed by atoms with Gasteiger partial charge in [-0.3, -0.25) is 35.3 Å². The lowest BCUT2D eigenvalue weighted by Gasteiger charge is -2.22. The van der Waals surface area contributed by atoms with Gasteiger partial charge in [0.1, 0.15) is 6.04 Å². The number of nitrogens with one attached hydrogen (secondary N) is 3. The minimum atomic E-state index is -0.844. The molecule has 152 valence electrons. The van der Waals surface area contributed by atoms with Gasteiger partial charge in [0, 0.05) is 17.7 Å². The van der Waals surface area contributed by atoms with E-state index in [4.69, 9.17) is 0 Å². The Kier molecular flexibility index (Phi) is 7.41. The third-order valence-corrected chi connectivity index (χ3v) is 4.11. The first kappa shape index (κ1) is 21.5. The molecule has 1 atom stereocenters. The minimum absolute atomic E-state index is 0.131. The van der Waals surface area contributed by atoms with E-state index < -0.39 is 22.8 Å². The minimum Gasteiger partial charge on any atom is -0.344 e. The maximum atomic E-state index is 12.4. The second-order valence-corrected chi connectivity index (χ2v) is 6.70. The summed E-state index contributed by atoms with van der Waals surface area (Å²) in [5, 5.41) is 13.3. The van der Waals surface area contributed by atoms with Crippen LogP contribution in [0.2, 0.25) is 0 Å². The summed E-state index contributed by atoms with van der Waals surface area (Å²) in [6, 6.07) is 13.2. The van der Waals surface area contributed by atoms with Crippen LogP contribution >= 0.6 is 0 Å². The predicted molar refractivity (Wildman–Crippen MR) is 106 cm³/mol. The third kappa shape index (κ3) is 6.42. The number of nitro groups is 1. The molecule has 0 radical (unpaired) electrons. The van der Waals surface area contributed by atoms with Crippen LogP contribution in [0.1, 0.15) is 29.8 Å². The molecular formula is C20H22N4O5. The van der Waals surface area contributed by atoms with Crippen LogP contribution in [0, 0.1) is 16.0 Å². The van der Waals surface area contributed by atoms with Crippen LogP contribution in [0.25, 0.3) is 0 Å². The van der Waals surface area contributed by atoms with Gasteiger partial charge >= 0.3 is 0 Å². The maximum absolute atomic E-state index is 12.4. The van der Waals surface area contributed by atoms with E-state index in [0.29, 0.717) is 0 Å². The van der Waals surface area contributed by atoms with Gasteiger partial charge in [0.05, 0.1) is 11.3 Å². The molecule has 0 aliphatic heterocycles. The molecule has 9 heteroatoms. The van der Waals surface area contributed by atoms with E-state index in [2.05, 4.69) is 16.2 Å². The molecule has 0 aliphatic carbocycles. The average Bonchev–Trinajstić information content (AvgIpc) is 2.70. The molecule has 0 fully saturated rings. The fourth-order valence-corrected chi connectivity index (χ4v) is 2.54. The lowest BCUT2D eigenvalue weighted by Crippen LogP contribution is -2.54. The summed E-state index contributed by atoms with van der Waals surface area (Å²) in [7, 11) is 0. The van der Waals surface area contributed by atoms with Crippen molar-refractivity contribution in [2.24, 2.45) is 5.92 Å². The predicted octanol–water partition coefficient (Wildman–Crippen LogP) is 1.74. The van der Waals surface area contributed by atoms with Gasteiger partial charge in [0.15, 0.2) is 0 Å². The number of hydrogen-bond donors (Lipinski definition) is 3. The van der Waals surface area contributed by atoms with Crippen molar-refractivity contribution in [2.45, 2.75) is 26.3 Å². The largest absolute Gasteiger partial charge is 0.344 e. The molecule has 9 nitrogen and oxygen atoms in total. The number of nitrogens with zero attached hydrogens (tertiary/aromatic N) is 1. The van der Waals surface area contributed by atoms with E-state index in [1.165, 1.54) is 24.3 Å². The van der Waals surface area contributed by atoms with E-state index in [9.17, 15) is 24.5 Å². The number of rotatable bonds is 7. The lowest BCUT2D eigenvalue weighted by molar-refractivity contribution is -0.384. The molecule has 0 saturated heterocycles. The van der Waals surface area contributed by atoms with Crippen molar-refractivity contribution in [2.75, 3.05) is 0 Å². The summed E-state index contributed by atoms with van der Waals surface area (Å²) < 4.78 is 0. The molecule has 29 heavy (non-hydrogen) atoms. The Morgan fingerprint density at radius 2 is 1.59 bits per heavy atom. The number of benzene rings is 2. The molecule has 3 amide bonds. The van der Waals surface area contributed by atoms with Crippen LogP contribution in [0.3, 0.4) is 0 Å². The normalized spacial score (nSPS) is 11.4. The van der Waals surface area contributed by atoms with Crippen molar-refractivity contribution in [1.82, 2.24) is 16.2 Å². The summed E-state index contributed by atoms with van der Waals surface area (Å²) in [5.41, 5.74) is 5.34. The number of nitro benzene ring substituents is 1. The van der Waals surface area contributed by atoms with E-state index >= 15 is 0 Å². The summed E-state index contributed by atoms with van der Waals surface area (Å²) in [5.74, 6) is -1.74. The number of hydrazine groups is 1. The van der Waals surface area contributed by atoms with Gasteiger partial charge in [-0.25, -0.2) is 0 Å². The zero-order valence-corrected chi connectivity index (χ0v) is 16.0. The van der Waals surface area contributed by atoms with Gasteiger partial charge < -0.3 is 5.32 Å². The van der Waals surface area contributed by atoms with Gasteiger partial charge in [0.25, 0.3) is 17.5 Å². The van der Waals surface area contributed by atoms with Gasteiger partial charge in [0.2, 0.25) is 5.91 Å². The second-order valence-electron chi connectivity index (χ2n) is 6.70. The number of carbonyl (C=O) groups excluding carboxylic acids is 3. The molecule has 0 aliphatic rings. The highest BCUT2D eigenvalue weighted by atomic mass is 16.6. The zero-order chi connectivity index (χ0) is 21.4. The van der Waals surface area contributed by atoms with Crippen molar-refractivity contribution >= 4 is 23.4 Å². The fraction of sp³-hybridized carbons (Fsp3) is 0.250. The van der Waals surface area contributed by atoms with Crippen molar-refractivity contribution in [3.05, 3.63) is 75.8 Å². The van der Waals surface area contributed by atoms with Crippen LogP contribution in [0.5, 0.6) is 0 Å². The Balaban J connectivity index is 1.92. The molecule has 2 aromatic rings. The summed E-state index contributed by atoms with van der Waals surface area (Å²) in [6.45, 7) is 3.54. The Morgan fingerprint density at radius 1 is 0.966 bits per heavy atom. The first-order valence-electron chi connectivity index (χ1n) is 8.96. The van der Waals surface area contributed by atoms with Crippen LogP contribution in [-0.4, -0.2) is 28.7 Å². The van der Waals surface area contributed by atoms with Crippen molar-refractivity contribution in [1.29, 1.82) is 0 Å². The Bertz CT molecular complexity index is 882. The summed E-state index contributed by atoms with van der Waals surface area (Å²) in [6.07, 6.45) is 0.131. The molecule has 0 unspecified atom stereocenters. The van der Waals surface area contributed by atoms with Crippen molar-refractivity contribution in [3.63, 3.8) is 0 Å². The average molecular weight is 398 g/mol. The van der Waals surface area contributed by atoms with Crippen LogP contribution < -0.4 is 16.2 Å². The van der Waals surface area contributed by atoms with Gasteiger partial charge in [-0.1, -0.05) is 44.2 Å². The Labute approximate surface area is 167 Å². The first-order valence-corrected chi connectivity index (χ1v) is 8.96. The van der Waals surface area contributed by atoms with Gasteiger partial charge in [-0.2, -0.15) is 0 Å². The summed E-state index contributed by atoms with van der Waals surface area (Å²) >= 11 is 0. The fourth-order valence-electron chi connectivity index (χ4n) is 2.54. The first-order chi connectivity index (χ1) is 13.8. The van der Waals surface area contributed by atoms with Crippen LogP contribution in [0.4, 0.5) is 5.69 Å². The van der Waals surface area contributed by atoms with E-state index in [-0.39, 0.29) is 29.5 Å². The molecule has 2 rings (SSSR count). The van der Waals surface area contributed by atoms with E-state index in [0.717, 1.165) is 5.56 Å². The molecule has 0 heterocycles. The standard InChI is InChI=1S/C20H22N4O5/c1-13(2)18(21-17(25)12-14-6-4-3-5-7-14)20(27)23-22-19(26)15-8-10-16(11-9-15)24(28)29/h3-11,13,18H,12H2,1-2H3,(H,21,25)(H,22,26)(H,23,27)/t18-/m0/s1. The number of hydrogen-bond acceptors (Lipinski definition) is 5. The zero-order valence-electron chi connectivity index (χ0n) is 16.0. The number of amides is 3. The SMILES string of the molecule is CC(C)[C@H](NC(=O)Cc1ccccc1)C(=O)NNC(=O)c1ccc([N+](=O)[O-])cc1. The number of carbonyl (C=O) groups is 3. The van der Waals surface area contributed by atoms with Crippen LogP contribution in [0.15, 0.2) is 54.6 Å². The van der Waals surface area contributed by atoms with Crippen molar-refractivity contribution in [3.8, 4) is 0 Å². The molecule has 0 saturated carbocycles. The lowest BCUT2D eigenvalue weighted by atomic mass is 10.0. The highest BCUT2D eigenvalue weighted by Gasteiger charge is 2.24. The molecule has 0 spiro atoms. The van der Waals surface area contributed by atoms with Gasteiger partial charge in [-0.05, 0) is 23.6 Å². The third-order valence-electron chi connectivity index (χ3n) is 4.11. The Morgan fingerprint density at radius 3 is 2.14 bits per heavy atom. The molecule has 2 aromatic carbocycles. The molecular weight excluding hydrogens is 376 g/mol. The summed E-state index contributed by atoms with van der Waals surface area (Å²) in [4.78, 5) is 46.8. The van der Waals surface area contributed by atoms with E-state index in [1.807, 2.05) is 30.3 Å². The molecule has 0 aromatic heterocycles. The highest BCUT2D eigenvalue weighted by Crippen LogP contribution is 2.11. The number of non-ortho nitro benzene ring substituents is 1. The van der Waals surface area contributed by atoms with E-state index in [1.54, 1.807) is 13.8 Å². The second kappa shape index (κ2) is 9.98. The van der Waals surface area contributed by atoms with Gasteiger partial charge in [-0.15, -0.1) is 0 Å². The highest BCUT2D eigenvalue weighted by molar-refractivity contribution is 5.96. The molecule has 3 N–H and O–H groups in total. The molecule has 0 bridgehead atoms. The van der Waals surface area contributed by atoms with Crippen molar-refractivity contribution < 1.29 is 19.3 Å².